The van der Waals surface area contributed by atoms with E-state index in [0.29, 0.717) is 23.1 Å². The number of benzene rings is 4. The molecule has 0 aliphatic carbocycles. The predicted octanol–water partition coefficient (Wildman–Crippen LogP) is 8.13. The van der Waals surface area contributed by atoms with E-state index < -0.39 is 6.04 Å². The van der Waals surface area contributed by atoms with E-state index in [2.05, 4.69) is 20.8 Å². The molecule has 0 radical (unpaired) electrons. The van der Waals surface area contributed by atoms with Crippen molar-refractivity contribution in [3.8, 4) is 5.69 Å². The summed E-state index contributed by atoms with van der Waals surface area (Å²) in [7, 11) is 0. The van der Waals surface area contributed by atoms with E-state index in [1.165, 1.54) is 12.1 Å². The lowest BCUT2D eigenvalue weighted by molar-refractivity contribution is 0.389. The van der Waals surface area contributed by atoms with Gasteiger partial charge in [0.1, 0.15) is 5.82 Å². The van der Waals surface area contributed by atoms with Crippen LogP contribution < -0.4 is 9.80 Å². The molecule has 224 valence electrons. The molecule has 0 saturated carbocycles. The average Bonchev–Trinajstić information content (AvgIpc) is 3.40. The molecule has 45 heavy (non-hydrogen) atoms. The monoisotopic (exact) mass is 635 g/mol. The van der Waals surface area contributed by atoms with Gasteiger partial charge in [-0.15, -0.1) is 0 Å². The Labute approximate surface area is 270 Å². The number of para-hydroxylation sites is 3. The first-order valence-electron chi connectivity index (χ1n) is 14.9. The number of nitrogens with zero attached hydrogens (tertiary/aromatic N) is 7. The molecule has 4 aromatic carbocycles. The number of hydrogen-bond donors (Lipinski definition) is 0. The van der Waals surface area contributed by atoms with Gasteiger partial charge in [0.25, 0.3) is 0 Å². The van der Waals surface area contributed by atoms with Crippen LogP contribution in [0.15, 0.2) is 107 Å². The largest absolute Gasteiger partial charge is 0.368 e. The normalized spacial score (nSPS) is 17.3. The molecule has 1 atom stereocenters. The quantitative estimate of drug-likeness (QED) is 0.201. The van der Waals surface area contributed by atoms with Gasteiger partial charge < -0.3 is 14.7 Å². The van der Waals surface area contributed by atoms with Gasteiger partial charge in [-0.1, -0.05) is 59.6 Å². The summed E-state index contributed by atoms with van der Waals surface area (Å²) in [6.07, 6.45) is 0. The lowest BCUT2D eigenvalue weighted by Gasteiger charge is -2.45. The van der Waals surface area contributed by atoms with E-state index in [4.69, 9.17) is 38.3 Å². The van der Waals surface area contributed by atoms with Crippen molar-refractivity contribution in [2.45, 2.75) is 13.0 Å². The standard InChI is InChI=1S/C35H28Cl2FN7/c1-22-30-32(31-26(36)10-7-11-27(31)37)44-29-13-6-5-12-28(29)39-34(35(44)40-33(30)45(41-22)25-8-3-2-4-9-25)43-20-18-42(19-21-43)24-16-14-23(38)15-17-24/h2-17,32H,18-21H2,1H3/t32-/m0/s1. The highest BCUT2D eigenvalue weighted by molar-refractivity contribution is 6.48. The number of aliphatic imine (C=N–C) groups is 2. The van der Waals surface area contributed by atoms with Gasteiger partial charge in [0.2, 0.25) is 0 Å². The van der Waals surface area contributed by atoms with Gasteiger partial charge in [-0.25, -0.2) is 19.1 Å². The summed E-state index contributed by atoms with van der Waals surface area (Å²) < 4.78 is 15.5. The fourth-order valence-corrected chi connectivity index (χ4v) is 7.14. The van der Waals surface area contributed by atoms with E-state index in [-0.39, 0.29) is 5.82 Å². The second kappa shape index (κ2) is 11.1. The minimum absolute atomic E-state index is 0.236. The van der Waals surface area contributed by atoms with Gasteiger partial charge in [-0.3, -0.25) is 0 Å². The first kappa shape index (κ1) is 27.9. The first-order valence-corrected chi connectivity index (χ1v) is 15.6. The molecular formula is C35H28Cl2FN7. The summed E-state index contributed by atoms with van der Waals surface area (Å²) in [5, 5.41) is 6.15. The molecule has 4 heterocycles. The zero-order chi connectivity index (χ0) is 30.7. The van der Waals surface area contributed by atoms with Crippen molar-refractivity contribution in [3.05, 3.63) is 130 Å². The molecule has 1 aromatic heterocycles. The Kier molecular flexibility index (Phi) is 6.84. The Balaban J connectivity index is 1.30. The van der Waals surface area contributed by atoms with Gasteiger partial charge in [0, 0.05) is 53.0 Å². The first-order chi connectivity index (χ1) is 22.0. The third-order valence-electron chi connectivity index (χ3n) is 8.67. The molecule has 1 saturated heterocycles. The molecule has 8 rings (SSSR count). The molecule has 1 fully saturated rings. The van der Waals surface area contributed by atoms with E-state index in [1.54, 1.807) is 0 Å². The molecule has 10 heteroatoms. The van der Waals surface area contributed by atoms with Crippen LogP contribution in [-0.4, -0.2) is 52.5 Å². The number of piperazine rings is 1. The van der Waals surface area contributed by atoms with Gasteiger partial charge in [-0.05, 0) is 67.6 Å². The fraction of sp³-hybridized carbons (Fsp3) is 0.171. The minimum atomic E-state index is -0.404. The highest BCUT2D eigenvalue weighted by Gasteiger charge is 2.44. The second-order valence-electron chi connectivity index (χ2n) is 11.3. The fourth-order valence-electron chi connectivity index (χ4n) is 6.53. The lowest BCUT2D eigenvalue weighted by Crippen LogP contribution is -2.55. The Morgan fingerprint density at radius 2 is 1.33 bits per heavy atom. The molecule has 0 bridgehead atoms. The summed E-state index contributed by atoms with van der Waals surface area (Å²) in [5.41, 5.74) is 6.25. The van der Waals surface area contributed by atoms with Gasteiger partial charge in [-0.2, -0.15) is 5.10 Å². The van der Waals surface area contributed by atoms with E-state index >= 15 is 0 Å². The number of fused-ring (bicyclic) bond motifs is 4. The summed E-state index contributed by atoms with van der Waals surface area (Å²) >= 11 is 14.0. The molecule has 0 amide bonds. The maximum Gasteiger partial charge on any atom is 0.179 e. The number of rotatable bonds is 3. The van der Waals surface area contributed by atoms with Gasteiger partial charge in [0.05, 0.1) is 28.8 Å². The zero-order valence-electron chi connectivity index (χ0n) is 24.4. The molecule has 3 aliphatic heterocycles. The highest BCUT2D eigenvalue weighted by atomic mass is 35.5. The van der Waals surface area contributed by atoms with Gasteiger partial charge >= 0.3 is 0 Å². The van der Waals surface area contributed by atoms with Crippen LogP contribution in [0.3, 0.4) is 0 Å². The van der Waals surface area contributed by atoms with Crippen molar-refractivity contribution < 1.29 is 4.39 Å². The molecular weight excluding hydrogens is 608 g/mol. The van der Waals surface area contributed by atoms with Crippen molar-refractivity contribution in [1.29, 1.82) is 0 Å². The molecule has 3 aliphatic rings. The zero-order valence-corrected chi connectivity index (χ0v) is 25.9. The minimum Gasteiger partial charge on any atom is -0.368 e. The number of aromatic nitrogens is 2. The molecule has 0 spiro atoms. The van der Waals surface area contributed by atoms with Gasteiger partial charge in [0.15, 0.2) is 17.5 Å². The average molecular weight is 637 g/mol. The number of hydrogen-bond acceptors (Lipinski definition) is 6. The van der Waals surface area contributed by atoms with Crippen molar-refractivity contribution >= 4 is 57.8 Å². The number of aryl methyl sites for hydroxylation is 1. The number of anilines is 2. The maximum atomic E-state index is 13.6. The summed E-state index contributed by atoms with van der Waals surface area (Å²) in [6, 6.07) is 30.0. The Morgan fingerprint density at radius 1 is 0.667 bits per heavy atom. The van der Waals surface area contributed by atoms with E-state index in [9.17, 15) is 4.39 Å². The molecule has 0 N–H and O–H groups in total. The van der Waals surface area contributed by atoms with E-state index in [0.717, 1.165) is 70.1 Å². The lowest BCUT2D eigenvalue weighted by atomic mass is 9.93. The van der Waals surface area contributed by atoms with Crippen LogP contribution in [0.2, 0.25) is 10.0 Å². The molecule has 0 unspecified atom stereocenters. The van der Waals surface area contributed by atoms with Crippen LogP contribution in [0.4, 0.5) is 27.3 Å². The highest BCUT2D eigenvalue weighted by Crippen LogP contribution is 2.51. The molecule has 5 aromatic rings. The third kappa shape index (κ3) is 4.67. The second-order valence-corrected chi connectivity index (χ2v) is 12.1. The number of amidine groups is 2. The summed E-state index contributed by atoms with van der Waals surface area (Å²) in [4.78, 5) is 17.4. The Hall–Kier alpha value is -4.66. The van der Waals surface area contributed by atoms with Crippen LogP contribution in [-0.2, 0) is 0 Å². The van der Waals surface area contributed by atoms with Crippen LogP contribution in [0.25, 0.3) is 5.69 Å². The topological polar surface area (TPSA) is 52.3 Å². The summed E-state index contributed by atoms with van der Waals surface area (Å²) in [5.74, 6) is 1.99. The maximum absolute atomic E-state index is 13.6. The van der Waals surface area contributed by atoms with Crippen molar-refractivity contribution in [1.82, 2.24) is 14.7 Å². The Bertz CT molecular complexity index is 1960. The van der Waals surface area contributed by atoms with Crippen LogP contribution >= 0.6 is 23.2 Å². The van der Waals surface area contributed by atoms with Crippen LogP contribution in [0.5, 0.6) is 0 Å². The third-order valence-corrected chi connectivity index (χ3v) is 9.32. The Morgan fingerprint density at radius 3 is 2.07 bits per heavy atom. The van der Waals surface area contributed by atoms with E-state index in [1.807, 2.05) is 90.5 Å². The van der Waals surface area contributed by atoms with Crippen LogP contribution in [0, 0.1) is 12.7 Å². The van der Waals surface area contributed by atoms with Crippen molar-refractivity contribution in [3.63, 3.8) is 0 Å². The molecule has 7 nitrogen and oxygen atoms in total. The number of halogens is 3. The van der Waals surface area contributed by atoms with Crippen LogP contribution in [0.1, 0.15) is 22.9 Å². The SMILES string of the molecule is Cc1nn(-c2ccccc2)c2c1[C@@H](c1c(Cl)cccc1Cl)N1C(=N2)C(N2CCN(c3ccc(F)cc3)CC2)=Nc2ccccc21. The van der Waals surface area contributed by atoms with Crippen molar-refractivity contribution in [2.24, 2.45) is 9.98 Å². The smallest absolute Gasteiger partial charge is 0.179 e. The van der Waals surface area contributed by atoms with Crippen molar-refractivity contribution in [2.75, 3.05) is 36.0 Å². The predicted molar refractivity (Wildman–Crippen MR) is 180 cm³/mol. The summed E-state index contributed by atoms with van der Waals surface area (Å²) in [6.45, 7) is 4.95.